The summed E-state index contributed by atoms with van der Waals surface area (Å²) < 4.78 is 5.36. The highest BCUT2D eigenvalue weighted by Crippen LogP contribution is 2.27. The topological polar surface area (TPSA) is 38.3 Å². The summed E-state index contributed by atoms with van der Waals surface area (Å²) in [5.41, 5.74) is 2.87. The molecule has 1 N–H and O–H groups in total. The van der Waals surface area contributed by atoms with Crippen molar-refractivity contribution in [2.75, 3.05) is 13.7 Å². The number of carbonyl (C=O) groups excluding carboxylic acids is 1. The lowest BCUT2D eigenvalue weighted by molar-refractivity contribution is 0.0979. The molecule has 0 heterocycles. The Morgan fingerprint density at radius 1 is 1.33 bits per heavy atom. The van der Waals surface area contributed by atoms with Gasteiger partial charge in [0.25, 0.3) is 0 Å². The summed E-state index contributed by atoms with van der Waals surface area (Å²) in [6.07, 6.45) is 0.497. The smallest absolute Gasteiger partial charge is 0.167 e. The zero-order valence-corrected chi connectivity index (χ0v) is 12.0. The first-order valence-corrected chi connectivity index (χ1v) is 6.38. The summed E-state index contributed by atoms with van der Waals surface area (Å²) in [4.78, 5) is 12.1. The van der Waals surface area contributed by atoms with Gasteiger partial charge in [-0.15, -0.1) is 0 Å². The predicted molar refractivity (Wildman–Crippen MR) is 74.6 cm³/mol. The van der Waals surface area contributed by atoms with Crippen LogP contribution in [0.5, 0.6) is 5.75 Å². The predicted octanol–water partition coefficient (Wildman–Crippen LogP) is 2.88. The van der Waals surface area contributed by atoms with E-state index >= 15 is 0 Å². The maximum absolute atomic E-state index is 12.1. The Labute approximate surface area is 110 Å². The molecule has 0 saturated heterocycles. The average Bonchev–Trinajstić information content (AvgIpc) is 2.31. The van der Waals surface area contributed by atoms with Crippen LogP contribution in [-0.2, 0) is 0 Å². The quantitative estimate of drug-likeness (QED) is 0.788. The lowest BCUT2D eigenvalue weighted by atomic mass is 10.00. The third-order valence-corrected chi connectivity index (χ3v) is 3.09. The fourth-order valence-electron chi connectivity index (χ4n) is 1.88. The Morgan fingerprint density at radius 3 is 2.56 bits per heavy atom. The SMILES string of the molecule is COc1c(C(=O)CCNC(C)C)ccc(C)c1C. The van der Waals surface area contributed by atoms with Crippen molar-refractivity contribution < 1.29 is 9.53 Å². The van der Waals surface area contributed by atoms with Gasteiger partial charge < -0.3 is 10.1 Å². The fraction of sp³-hybridized carbons (Fsp3) is 0.533. The largest absolute Gasteiger partial charge is 0.496 e. The minimum Gasteiger partial charge on any atom is -0.496 e. The van der Waals surface area contributed by atoms with Gasteiger partial charge in [0, 0.05) is 19.0 Å². The summed E-state index contributed by atoms with van der Waals surface area (Å²) in [6.45, 7) is 8.85. The van der Waals surface area contributed by atoms with Crippen LogP contribution in [0, 0.1) is 13.8 Å². The Kier molecular flexibility index (Phi) is 5.35. The van der Waals surface area contributed by atoms with E-state index in [1.54, 1.807) is 7.11 Å². The third kappa shape index (κ3) is 3.57. The molecular weight excluding hydrogens is 226 g/mol. The van der Waals surface area contributed by atoms with Gasteiger partial charge in [0.1, 0.15) is 5.75 Å². The van der Waals surface area contributed by atoms with Crippen molar-refractivity contribution in [2.24, 2.45) is 0 Å². The molecule has 3 heteroatoms. The highest BCUT2D eigenvalue weighted by molar-refractivity contribution is 5.99. The molecule has 0 aliphatic carbocycles. The van der Waals surface area contributed by atoms with Crippen molar-refractivity contribution in [1.29, 1.82) is 0 Å². The van der Waals surface area contributed by atoms with E-state index in [2.05, 4.69) is 19.2 Å². The highest BCUT2D eigenvalue weighted by Gasteiger charge is 2.15. The maximum atomic E-state index is 12.1. The monoisotopic (exact) mass is 249 g/mol. The number of carbonyl (C=O) groups is 1. The summed E-state index contributed by atoms with van der Waals surface area (Å²) >= 11 is 0. The number of ketones is 1. The van der Waals surface area contributed by atoms with E-state index in [4.69, 9.17) is 4.74 Å². The molecule has 18 heavy (non-hydrogen) atoms. The second-order valence-corrected chi connectivity index (χ2v) is 4.87. The van der Waals surface area contributed by atoms with Crippen molar-refractivity contribution in [3.05, 3.63) is 28.8 Å². The number of aryl methyl sites for hydroxylation is 1. The molecule has 100 valence electrons. The molecule has 1 rings (SSSR count). The molecule has 0 aromatic heterocycles. The van der Waals surface area contributed by atoms with Crippen LogP contribution in [0.4, 0.5) is 0 Å². The van der Waals surface area contributed by atoms with Crippen LogP contribution in [0.3, 0.4) is 0 Å². The maximum Gasteiger partial charge on any atom is 0.167 e. The van der Waals surface area contributed by atoms with Gasteiger partial charge in [-0.05, 0) is 31.0 Å². The van der Waals surface area contributed by atoms with Crippen LogP contribution in [-0.4, -0.2) is 25.5 Å². The lowest BCUT2D eigenvalue weighted by Crippen LogP contribution is -2.25. The Balaban J connectivity index is 2.82. The summed E-state index contributed by atoms with van der Waals surface area (Å²) in [7, 11) is 1.62. The molecule has 0 atom stereocenters. The molecule has 0 fully saturated rings. The average molecular weight is 249 g/mol. The first-order chi connectivity index (χ1) is 8.47. The number of hydrogen-bond acceptors (Lipinski definition) is 3. The standard InChI is InChI=1S/C15H23NO2/c1-10(2)16-9-8-14(17)13-7-6-11(3)12(4)15(13)18-5/h6-7,10,16H,8-9H2,1-5H3. The van der Waals surface area contributed by atoms with Crippen LogP contribution in [0.2, 0.25) is 0 Å². The van der Waals surface area contributed by atoms with Gasteiger partial charge in [0.2, 0.25) is 0 Å². The van der Waals surface area contributed by atoms with Crippen molar-refractivity contribution in [1.82, 2.24) is 5.32 Å². The summed E-state index contributed by atoms with van der Waals surface area (Å²) in [5.74, 6) is 0.840. The Bertz CT molecular complexity index is 425. The number of rotatable bonds is 6. The van der Waals surface area contributed by atoms with E-state index < -0.39 is 0 Å². The van der Waals surface area contributed by atoms with Gasteiger partial charge in [0.05, 0.1) is 12.7 Å². The number of benzene rings is 1. The summed E-state index contributed by atoms with van der Waals surface area (Å²) in [6, 6.07) is 4.24. The van der Waals surface area contributed by atoms with Crippen LogP contribution in [0.25, 0.3) is 0 Å². The fourth-order valence-corrected chi connectivity index (χ4v) is 1.88. The minimum atomic E-state index is 0.128. The van der Waals surface area contributed by atoms with E-state index in [0.29, 0.717) is 30.3 Å². The van der Waals surface area contributed by atoms with Crippen LogP contribution < -0.4 is 10.1 Å². The van der Waals surface area contributed by atoms with Crippen molar-refractivity contribution in [3.63, 3.8) is 0 Å². The van der Waals surface area contributed by atoms with E-state index in [-0.39, 0.29) is 5.78 Å². The molecule has 1 aromatic carbocycles. The molecule has 0 spiro atoms. The normalized spacial score (nSPS) is 10.8. The molecule has 0 radical (unpaired) electrons. The molecule has 0 aliphatic heterocycles. The Hall–Kier alpha value is -1.35. The van der Waals surface area contributed by atoms with Gasteiger partial charge in [-0.1, -0.05) is 19.9 Å². The number of hydrogen-bond donors (Lipinski definition) is 1. The van der Waals surface area contributed by atoms with Gasteiger partial charge in [-0.3, -0.25) is 4.79 Å². The van der Waals surface area contributed by atoms with E-state index in [9.17, 15) is 4.79 Å². The minimum absolute atomic E-state index is 0.128. The first kappa shape index (κ1) is 14.7. The van der Waals surface area contributed by atoms with Gasteiger partial charge in [-0.25, -0.2) is 0 Å². The molecule has 0 bridgehead atoms. The van der Waals surface area contributed by atoms with Crippen LogP contribution in [0.15, 0.2) is 12.1 Å². The highest BCUT2D eigenvalue weighted by atomic mass is 16.5. The van der Waals surface area contributed by atoms with Gasteiger partial charge >= 0.3 is 0 Å². The third-order valence-electron chi connectivity index (χ3n) is 3.09. The second-order valence-electron chi connectivity index (χ2n) is 4.87. The molecule has 0 amide bonds. The molecule has 0 saturated carbocycles. The van der Waals surface area contributed by atoms with Crippen LogP contribution in [0.1, 0.15) is 41.8 Å². The molecule has 3 nitrogen and oxygen atoms in total. The van der Waals surface area contributed by atoms with Crippen molar-refractivity contribution in [3.8, 4) is 5.75 Å². The van der Waals surface area contributed by atoms with Crippen molar-refractivity contribution in [2.45, 2.75) is 40.2 Å². The zero-order chi connectivity index (χ0) is 13.7. The number of methoxy groups -OCH3 is 1. The summed E-state index contributed by atoms with van der Waals surface area (Å²) in [5, 5.41) is 3.25. The zero-order valence-electron chi connectivity index (χ0n) is 12.0. The lowest BCUT2D eigenvalue weighted by Gasteiger charge is -2.13. The van der Waals surface area contributed by atoms with Crippen molar-refractivity contribution >= 4 is 5.78 Å². The molecule has 0 unspecified atom stereocenters. The van der Waals surface area contributed by atoms with E-state index in [1.807, 2.05) is 26.0 Å². The first-order valence-electron chi connectivity index (χ1n) is 6.38. The second kappa shape index (κ2) is 6.55. The number of ether oxygens (including phenoxy) is 1. The molecule has 1 aromatic rings. The number of Topliss-reactive ketones (excluding diaryl/α,β-unsaturated/α-hetero) is 1. The van der Waals surface area contributed by atoms with Crippen LogP contribution >= 0.6 is 0 Å². The number of nitrogens with one attached hydrogen (secondary N) is 1. The molecular formula is C15H23NO2. The van der Waals surface area contributed by atoms with E-state index in [0.717, 1.165) is 11.1 Å². The Morgan fingerprint density at radius 2 is 2.00 bits per heavy atom. The molecule has 0 aliphatic rings. The van der Waals surface area contributed by atoms with Gasteiger partial charge in [0.15, 0.2) is 5.78 Å². The van der Waals surface area contributed by atoms with E-state index in [1.165, 1.54) is 0 Å². The van der Waals surface area contributed by atoms with Gasteiger partial charge in [-0.2, -0.15) is 0 Å².